The minimum absolute atomic E-state index is 0.396. The van der Waals surface area contributed by atoms with Gasteiger partial charge in [0, 0.05) is 25.2 Å². The molecule has 2 aromatic carbocycles. The van der Waals surface area contributed by atoms with Crippen LogP contribution in [0.4, 0.5) is 0 Å². The van der Waals surface area contributed by atoms with E-state index in [9.17, 15) is 0 Å². The molecule has 3 rings (SSSR count). The average molecular weight is 456 g/mol. The number of rotatable bonds is 12. The molecule has 0 N–H and O–H groups in total. The molecular formula is C27H41N3O3. The fourth-order valence-corrected chi connectivity index (χ4v) is 3.60. The number of fused-ring (bicyclic) bond motifs is 1. The number of benzene rings is 2. The molecule has 182 valence electrons. The predicted molar refractivity (Wildman–Crippen MR) is 137 cm³/mol. The van der Waals surface area contributed by atoms with Gasteiger partial charge in [0.25, 0.3) is 0 Å². The topological polar surface area (TPSA) is 48.8 Å². The van der Waals surface area contributed by atoms with Gasteiger partial charge in [0.1, 0.15) is 36.3 Å². The van der Waals surface area contributed by atoms with Crippen molar-refractivity contribution >= 4 is 11.0 Å². The zero-order chi connectivity index (χ0) is 24.2. The van der Waals surface area contributed by atoms with Crippen molar-refractivity contribution < 1.29 is 14.2 Å². The molecule has 0 radical (unpaired) electrons. The van der Waals surface area contributed by atoms with Crippen LogP contribution in [0.15, 0.2) is 42.5 Å². The molecule has 1 aromatic heterocycles. The normalized spacial score (nSPS) is 10.9. The number of aromatic nitrogens is 2. The summed E-state index contributed by atoms with van der Waals surface area (Å²) in [6, 6.07) is 13.8. The predicted octanol–water partition coefficient (Wildman–Crippen LogP) is 6.03. The Hall–Kier alpha value is -2.73. The zero-order valence-corrected chi connectivity index (χ0v) is 21.4. The summed E-state index contributed by atoms with van der Waals surface area (Å²) in [5.74, 6) is 3.81. The first-order valence-electron chi connectivity index (χ1n) is 12.1. The molecule has 0 bridgehead atoms. The molecule has 0 fully saturated rings. The number of hydrogen-bond donors (Lipinski definition) is 0. The Balaban J connectivity index is 0.00000187. The monoisotopic (exact) mass is 455 g/mol. The molecule has 0 atom stereocenters. The maximum absolute atomic E-state index is 6.03. The molecule has 6 nitrogen and oxygen atoms in total. The Bertz CT molecular complexity index is 964. The minimum Gasteiger partial charge on any atom is -0.497 e. The van der Waals surface area contributed by atoms with Crippen LogP contribution < -0.4 is 14.2 Å². The second-order valence-electron chi connectivity index (χ2n) is 8.03. The van der Waals surface area contributed by atoms with Crippen molar-refractivity contribution in [3.05, 3.63) is 48.3 Å². The Morgan fingerprint density at radius 2 is 1.64 bits per heavy atom. The molecule has 0 aliphatic rings. The Kier molecular flexibility index (Phi) is 11.0. The van der Waals surface area contributed by atoms with Crippen LogP contribution in [0.5, 0.6) is 17.2 Å². The van der Waals surface area contributed by atoms with E-state index in [0.717, 1.165) is 60.3 Å². The molecule has 0 aliphatic heterocycles. The Morgan fingerprint density at radius 1 is 0.939 bits per heavy atom. The van der Waals surface area contributed by atoms with Crippen LogP contribution in [0.2, 0.25) is 0 Å². The van der Waals surface area contributed by atoms with Gasteiger partial charge in [0.15, 0.2) is 0 Å². The van der Waals surface area contributed by atoms with E-state index in [4.69, 9.17) is 19.2 Å². The number of imidazole rings is 1. The van der Waals surface area contributed by atoms with E-state index in [2.05, 4.69) is 43.2 Å². The lowest BCUT2D eigenvalue weighted by molar-refractivity contribution is 0.223. The SMILES string of the molecule is CC.CCN(CC)CCOc1ccc2c(c1)nc(COc1cccc(OC)c1)n2CC(C)C. The van der Waals surface area contributed by atoms with Gasteiger partial charge in [-0.3, -0.25) is 0 Å². The van der Waals surface area contributed by atoms with Gasteiger partial charge in [0.2, 0.25) is 0 Å². The van der Waals surface area contributed by atoms with Crippen molar-refractivity contribution in [3.63, 3.8) is 0 Å². The number of nitrogens with zero attached hydrogens (tertiary/aromatic N) is 3. The highest BCUT2D eigenvalue weighted by atomic mass is 16.5. The first kappa shape index (κ1) is 26.5. The molecule has 0 aliphatic carbocycles. The standard InChI is InChI=1S/C25H35N3O3.C2H6/c1-6-27(7-2)13-14-30-22-11-12-24-23(16-22)26-25(28(24)17-19(3)4)18-31-21-10-8-9-20(15-21)29-5;1-2/h8-12,15-16,19H,6-7,13-14,17-18H2,1-5H3;1-2H3. The molecule has 6 heteroatoms. The summed E-state index contributed by atoms with van der Waals surface area (Å²) >= 11 is 0. The summed E-state index contributed by atoms with van der Waals surface area (Å²) in [4.78, 5) is 7.23. The van der Waals surface area contributed by atoms with E-state index in [1.165, 1.54) is 0 Å². The number of ether oxygens (including phenoxy) is 3. The molecule has 3 aromatic rings. The van der Waals surface area contributed by atoms with Crippen LogP contribution in [-0.2, 0) is 13.2 Å². The maximum atomic E-state index is 6.03. The van der Waals surface area contributed by atoms with Crippen LogP contribution in [-0.4, -0.2) is 47.8 Å². The quantitative estimate of drug-likeness (QED) is 0.334. The van der Waals surface area contributed by atoms with Crippen molar-refractivity contribution in [2.75, 3.05) is 33.4 Å². The molecule has 0 saturated carbocycles. The summed E-state index contributed by atoms with van der Waals surface area (Å²) in [5.41, 5.74) is 2.04. The third-order valence-electron chi connectivity index (χ3n) is 5.33. The van der Waals surface area contributed by atoms with Gasteiger partial charge in [-0.25, -0.2) is 4.98 Å². The third-order valence-corrected chi connectivity index (χ3v) is 5.33. The molecule has 0 saturated heterocycles. The van der Waals surface area contributed by atoms with Crippen LogP contribution in [0.25, 0.3) is 11.0 Å². The van der Waals surface area contributed by atoms with Gasteiger partial charge in [-0.1, -0.05) is 47.6 Å². The van der Waals surface area contributed by atoms with E-state index in [1.807, 2.05) is 50.2 Å². The number of likely N-dealkylation sites (N-methyl/N-ethyl adjacent to an activating group) is 1. The van der Waals surface area contributed by atoms with Gasteiger partial charge < -0.3 is 23.7 Å². The summed E-state index contributed by atoms with van der Waals surface area (Å²) in [6.07, 6.45) is 0. The van der Waals surface area contributed by atoms with E-state index in [-0.39, 0.29) is 0 Å². The van der Waals surface area contributed by atoms with Crippen LogP contribution in [0, 0.1) is 5.92 Å². The van der Waals surface area contributed by atoms with Gasteiger partial charge >= 0.3 is 0 Å². The number of methoxy groups -OCH3 is 1. The largest absolute Gasteiger partial charge is 0.497 e. The third kappa shape index (κ3) is 7.67. The van der Waals surface area contributed by atoms with Crippen molar-refractivity contribution in [2.24, 2.45) is 5.92 Å². The lowest BCUT2D eigenvalue weighted by Crippen LogP contribution is -2.27. The maximum Gasteiger partial charge on any atom is 0.148 e. The van der Waals surface area contributed by atoms with E-state index in [1.54, 1.807) is 7.11 Å². The molecule has 0 unspecified atom stereocenters. The number of hydrogen-bond acceptors (Lipinski definition) is 5. The van der Waals surface area contributed by atoms with Gasteiger partial charge in [-0.05, 0) is 43.3 Å². The fourth-order valence-electron chi connectivity index (χ4n) is 3.60. The molecule has 1 heterocycles. The summed E-state index contributed by atoms with van der Waals surface area (Å²) in [5, 5.41) is 0. The highest BCUT2D eigenvalue weighted by Gasteiger charge is 2.14. The molecular weight excluding hydrogens is 414 g/mol. The van der Waals surface area contributed by atoms with Gasteiger partial charge in [0.05, 0.1) is 18.1 Å². The first-order chi connectivity index (χ1) is 16.0. The molecule has 33 heavy (non-hydrogen) atoms. The highest BCUT2D eigenvalue weighted by Crippen LogP contribution is 2.25. The first-order valence-corrected chi connectivity index (χ1v) is 12.1. The minimum atomic E-state index is 0.396. The van der Waals surface area contributed by atoms with Crippen LogP contribution >= 0.6 is 0 Å². The lowest BCUT2D eigenvalue weighted by atomic mass is 10.2. The van der Waals surface area contributed by atoms with E-state index in [0.29, 0.717) is 19.1 Å². The average Bonchev–Trinajstić information content (AvgIpc) is 3.17. The lowest BCUT2D eigenvalue weighted by Gasteiger charge is -2.18. The smallest absolute Gasteiger partial charge is 0.148 e. The highest BCUT2D eigenvalue weighted by molar-refractivity contribution is 5.77. The van der Waals surface area contributed by atoms with Crippen molar-refractivity contribution in [3.8, 4) is 17.2 Å². The van der Waals surface area contributed by atoms with Crippen molar-refractivity contribution in [2.45, 2.75) is 54.7 Å². The van der Waals surface area contributed by atoms with Gasteiger partial charge in [-0.15, -0.1) is 0 Å². The van der Waals surface area contributed by atoms with Crippen molar-refractivity contribution in [1.82, 2.24) is 14.5 Å². The summed E-state index contributed by atoms with van der Waals surface area (Å²) in [6.45, 7) is 17.7. The zero-order valence-electron chi connectivity index (χ0n) is 21.4. The van der Waals surface area contributed by atoms with E-state index < -0.39 is 0 Å². The Labute approximate surface area is 199 Å². The van der Waals surface area contributed by atoms with Gasteiger partial charge in [-0.2, -0.15) is 0 Å². The molecule has 0 amide bonds. The van der Waals surface area contributed by atoms with Crippen LogP contribution in [0.1, 0.15) is 47.4 Å². The molecule has 0 spiro atoms. The summed E-state index contributed by atoms with van der Waals surface area (Å²) < 4.78 is 19.6. The van der Waals surface area contributed by atoms with E-state index >= 15 is 0 Å². The van der Waals surface area contributed by atoms with Crippen LogP contribution in [0.3, 0.4) is 0 Å². The fraction of sp³-hybridized carbons (Fsp3) is 0.519. The van der Waals surface area contributed by atoms with Crippen molar-refractivity contribution in [1.29, 1.82) is 0 Å². The summed E-state index contributed by atoms with van der Waals surface area (Å²) in [7, 11) is 1.66. The second-order valence-corrected chi connectivity index (χ2v) is 8.03. The second kappa shape index (κ2) is 13.7. The Morgan fingerprint density at radius 3 is 2.30 bits per heavy atom.